The van der Waals surface area contributed by atoms with Crippen molar-refractivity contribution in [2.45, 2.75) is 44.2 Å². The van der Waals surface area contributed by atoms with Crippen LogP contribution in [0.4, 0.5) is 4.39 Å². The fourth-order valence-electron chi connectivity index (χ4n) is 4.23. The number of hydrogen-bond acceptors (Lipinski definition) is 4. The second-order valence-corrected chi connectivity index (χ2v) is 8.68. The maximum absolute atomic E-state index is 13.8. The highest BCUT2D eigenvalue weighted by Crippen LogP contribution is 2.25. The Morgan fingerprint density at radius 3 is 2.46 bits per heavy atom. The number of benzene rings is 1. The summed E-state index contributed by atoms with van der Waals surface area (Å²) >= 11 is 1.65. The van der Waals surface area contributed by atoms with Gasteiger partial charge in [0.2, 0.25) is 5.91 Å². The molecule has 2 aromatic rings. The zero-order chi connectivity index (χ0) is 19.3. The van der Waals surface area contributed by atoms with Crippen molar-refractivity contribution < 1.29 is 13.9 Å². The number of likely N-dealkylation sites (tertiary alicyclic amines) is 2. The number of amides is 1. The van der Waals surface area contributed by atoms with Gasteiger partial charge in [-0.05, 0) is 49.3 Å². The number of thiophene rings is 1. The number of nitrogens with zero attached hydrogens (tertiary/aromatic N) is 2. The summed E-state index contributed by atoms with van der Waals surface area (Å²) in [7, 11) is 0. The zero-order valence-electron chi connectivity index (χ0n) is 16.1. The first-order chi connectivity index (χ1) is 13.7. The average Bonchev–Trinajstić information content (AvgIpc) is 3.23. The first-order valence-corrected chi connectivity index (χ1v) is 11.0. The van der Waals surface area contributed by atoms with Crippen LogP contribution >= 0.6 is 11.3 Å². The van der Waals surface area contributed by atoms with Crippen molar-refractivity contribution in [1.82, 2.24) is 9.80 Å². The van der Waals surface area contributed by atoms with Crippen LogP contribution in [0, 0.1) is 5.82 Å². The molecule has 1 aromatic carbocycles. The number of para-hydroxylation sites is 1. The second kappa shape index (κ2) is 9.05. The van der Waals surface area contributed by atoms with Crippen LogP contribution in [0.3, 0.4) is 0 Å². The molecule has 0 N–H and O–H groups in total. The molecule has 0 spiro atoms. The summed E-state index contributed by atoms with van der Waals surface area (Å²) < 4.78 is 19.6. The molecule has 3 heterocycles. The molecular formula is C22H27FN2O2S. The van der Waals surface area contributed by atoms with Crippen LogP contribution in [0.2, 0.25) is 0 Å². The predicted molar refractivity (Wildman–Crippen MR) is 109 cm³/mol. The van der Waals surface area contributed by atoms with Crippen molar-refractivity contribution in [3.63, 3.8) is 0 Å². The lowest BCUT2D eigenvalue weighted by molar-refractivity contribution is -0.132. The third kappa shape index (κ3) is 4.73. The van der Waals surface area contributed by atoms with Gasteiger partial charge >= 0.3 is 0 Å². The molecule has 4 rings (SSSR count). The molecule has 150 valence electrons. The van der Waals surface area contributed by atoms with Crippen molar-refractivity contribution in [3.8, 4) is 5.75 Å². The molecular weight excluding hydrogens is 375 g/mol. The van der Waals surface area contributed by atoms with E-state index in [-0.39, 0.29) is 17.8 Å². The Bertz CT molecular complexity index is 767. The summed E-state index contributed by atoms with van der Waals surface area (Å²) in [4.78, 5) is 18.2. The van der Waals surface area contributed by atoms with E-state index in [0.717, 1.165) is 56.7 Å². The fraction of sp³-hybridized carbons (Fsp3) is 0.500. The number of hydrogen-bond donors (Lipinski definition) is 0. The first kappa shape index (κ1) is 19.4. The van der Waals surface area contributed by atoms with Gasteiger partial charge in [0.05, 0.1) is 6.42 Å². The van der Waals surface area contributed by atoms with E-state index in [4.69, 9.17) is 4.74 Å². The standard InChI is InChI=1S/C22H27FN2O2S/c23-20-5-1-2-6-21(20)27-18-9-13-24(14-10-18)17-7-11-25(12-8-17)22(26)16-19-4-3-15-28-19/h1-6,15,17-18H,7-14,16H2. The normalized spacial score (nSPS) is 19.7. The van der Waals surface area contributed by atoms with Gasteiger partial charge in [0, 0.05) is 37.1 Å². The van der Waals surface area contributed by atoms with Crippen molar-refractivity contribution in [1.29, 1.82) is 0 Å². The molecule has 1 amide bonds. The van der Waals surface area contributed by atoms with Gasteiger partial charge in [-0.25, -0.2) is 4.39 Å². The van der Waals surface area contributed by atoms with E-state index < -0.39 is 0 Å². The van der Waals surface area contributed by atoms with E-state index in [1.807, 2.05) is 22.4 Å². The van der Waals surface area contributed by atoms with Crippen LogP contribution in [-0.2, 0) is 11.2 Å². The SMILES string of the molecule is O=C(Cc1cccs1)N1CCC(N2CCC(Oc3ccccc3F)CC2)CC1. The Morgan fingerprint density at radius 2 is 1.79 bits per heavy atom. The first-order valence-electron chi connectivity index (χ1n) is 10.1. The lowest BCUT2D eigenvalue weighted by Crippen LogP contribution is -2.50. The molecule has 0 radical (unpaired) electrons. The number of carbonyl (C=O) groups excluding carboxylic acids is 1. The maximum Gasteiger partial charge on any atom is 0.227 e. The van der Waals surface area contributed by atoms with Gasteiger partial charge in [-0.2, -0.15) is 0 Å². The predicted octanol–water partition coefficient (Wildman–Crippen LogP) is 3.96. The molecule has 2 aliphatic heterocycles. The second-order valence-electron chi connectivity index (χ2n) is 7.65. The molecule has 0 aliphatic carbocycles. The topological polar surface area (TPSA) is 32.8 Å². The van der Waals surface area contributed by atoms with Gasteiger partial charge in [0.25, 0.3) is 0 Å². The highest BCUT2D eigenvalue weighted by atomic mass is 32.1. The van der Waals surface area contributed by atoms with Crippen LogP contribution in [0.5, 0.6) is 5.75 Å². The van der Waals surface area contributed by atoms with Crippen LogP contribution < -0.4 is 4.74 Å². The quantitative estimate of drug-likeness (QED) is 0.759. The maximum atomic E-state index is 13.8. The van der Waals surface area contributed by atoms with Gasteiger partial charge in [-0.15, -0.1) is 11.3 Å². The Balaban J connectivity index is 1.21. The lowest BCUT2D eigenvalue weighted by Gasteiger charge is -2.41. The Kier molecular flexibility index (Phi) is 6.27. The summed E-state index contributed by atoms with van der Waals surface area (Å²) in [5.41, 5.74) is 0. The van der Waals surface area contributed by atoms with Crippen LogP contribution in [0.15, 0.2) is 41.8 Å². The molecule has 0 bridgehead atoms. The summed E-state index contributed by atoms with van der Waals surface area (Å²) in [6, 6.07) is 11.2. The molecule has 0 unspecified atom stereocenters. The van der Waals surface area contributed by atoms with E-state index in [1.54, 1.807) is 29.5 Å². The van der Waals surface area contributed by atoms with Crippen molar-refractivity contribution in [2.24, 2.45) is 0 Å². The molecule has 2 fully saturated rings. The molecule has 0 saturated carbocycles. The van der Waals surface area contributed by atoms with E-state index in [2.05, 4.69) is 4.90 Å². The van der Waals surface area contributed by atoms with Crippen LogP contribution in [0.1, 0.15) is 30.6 Å². The third-order valence-electron chi connectivity index (χ3n) is 5.85. The fourth-order valence-corrected chi connectivity index (χ4v) is 4.93. The van der Waals surface area contributed by atoms with Crippen LogP contribution in [0.25, 0.3) is 0 Å². The van der Waals surface area contributed by atoms with Gasteiger partial charge in [0.15, 0.2) is 11.6 Å². The van der Waals surface area contributed by atoms with E-state index in [0.29, 0.717) is 18.2 Å². The smallest absolute Gasteiger partial charge is 0.227 e. The summed E-state index contributed by atoms with van der Waals surface area (Å²) in [6.07, 6.45) is 4.53. The van der Waals surface area contributed by atoms with Gasteiger partial charge in [-0.3, -0.25) is 9.69 Å². The molecule has 28 heavy (non-hydrogen) atoms. The van der Waals surface area contributed by atoms with Gasteiger partial charge in [-0.1, -0.05) is 18.2 Å². The minimum absolute atomic E-state index is 0.0839. The average molecular weight is 403 g/mol. The third-order valence-corrected chi connectivity index (χ3v) is 6.72. The lowest BCUT2D eigenvalue weighted by atomic mass is 9.98. The van der Waals surface area contributed by atoms with E-state index in [1.165, 1.54) is 6.07 Å². The molecule has 6 heteroatoms. The van der Waals surface area contributed by atoms with E-state index in [9.17, 15) is 9.18 Å². The summed E-state index contributed by atoms with van der Waals surface area (Å²) in [6.45, 7) is 3.65. The molecule has 1 aromatic heterocycles. The number of piperidine rings is 2. The van der Waals surface area contributed by atoms with Crippen molar-refractivity contribution >= 4 is 17.2 Å². The minimum Gasteiger partial charge on any atom is -0.487 e. The largest absolute Gasteiger partial charge is 0.487 e. The highest BCUT2D eigenvalue weighted by Gasteiger charge is 2.30. The molecule has 0 atom stereocenters. The Hall–Kier alpha value is -1.92. The highest BCUT2D eigenvalue weighted by molar-refractivity contribution is 7.10. The number of carbonyl (C=O) groups is 1. The van der Waals surface area contributed by atoms with Crippen molar-refractivity contribution in [3.05, 3.63) is 52.5 Å². The Morgan fingerprint density at radius 1 is 1.04 bits per heavy atom. The zero-order valence-corrected chi connectivity index (χ0v) is 16.9. The summed E-state index contributed by atoms with van der Waals surface area (Å²) in [5.74, 6) is 0.320. The number of rotatable bonds is 5. The summed E-state index contributed by atoms with van der Waals surface area (Å²) in [5, 5.41) is 2.02. The molecule has 2 aliphatic rings. The minimum atomic E-state index is -0.287. The van der Waals surface area contributed by atoms with Crippen molar-refractivity contribution in [2.75, 3.05) is 26.2 Å². The van der Waals surface area contributed by atoms with E-state index >= 15 is 0 Å². The Labute approximate surface area is 169 Å². The number of ether oxygens (including phenoxy) is 1. The van der Waals surface area contributed by atoms with Crippen LogP contribution in [-0.4, -0.2) is 54.0 Å². The molecule has 4 nitrogen and oxygen atoms in total. The van der Waals surface area contributed by atoms with Gasteiger partial charge < -0.3 is 9.64 Å². The number of halogens is 1. The monoisotopic (exact) mass is 402 g/mol. The van der Waals surface area contributed by atoms with Gasteiger partial charge in [0.1, 0.15) is 6.10 Å². The molecule has 2 saturated heterocycles.